The molecule has 2 aromatic rings. The molecular weight excluding hydrogens is 346 g/mol. The normalized spacial score (nSPS) is 15.1. The predicted molar refractivity (Wildman–Crippen MR) is 104 cm³/mol. The minimum absolute atomic E-state index is 0.0261. The lowest BCUT2D eigenvalue weighted by atomic mass is 10.2. The fourth-order valence-electron chi connectivity index (χ4n) is 3.00. The van der Waals surface area contributed by atoms with Gasteiger partial charge in [0.2, 0.25) is 5.91 Å². The number of amides is 2. The zero-order valence-corrected chi connectivity index (χ0v) is 16.1. The van der Waals surface area contributed by atoms with E-state index in [4.69, 9.17) is 0 Å². The molecule has 26 heavy (non-hydrogen) atoms. The van der Waals surface area contributed by atoms with Crippen molar-refractivity contribution in [3.63, 3.8) is 0 Å². The maximum Gasteiger partial charge on any atom is 0.264 e. The number of aryl methyl sites for hydroxylation is 2. The quantitative estimate of drug-likeness (QED) is 0.878. The smallest absolute Gasteiger partial charge is 0.264 e. The fourth-order valence-corrected chi connectivity index (χ4v) is 4.00. The molecular formula is C20H25N3O2S. The van der Waals surface area contributed by atoms with Gasteiger partial charge in [-0.3, -0.25) is 14.5 Å². The van der Waals surface area contributed by atoms with Crippen LogP contribution in [0.4, 0.5) is 0 Å². The zero-order valence-electron chi connectivity index (χ0n) is 15.3. The Morgan fingerprint density at radius 2 is 1.77 bits per heavy atom. The zero-order chi connectivity index (χ0) is 18.5. The lowest BCUT2D eigenvalue weighted by molar-refractivity contribution is -0.122. The molecule has 2 amide bonds. The van der Waals surface area contributed by atoms with Crippen LogP contribution in [-0.4, -0.2) is 54.3 Å². The largest absolute Gasteiger partial charge is 0.351 e. The van der Waals surface area contributed by atoms with Crippen molar-refractivity contribution in [2.24, 2.45) is 0 Å². The second-order valence-corrected chi connectivity index (χ2v) is 7.94. The third-order valence-electron chi connectivity index (χ3n) is 4.74. The number of thiophene rings is 1. The van der Waals surface area contributed by atoms with E-state index >= 15 is 0 Å². The van der Waals surface area contributed by atoms with Gasteiger partial charge in [0, 0.05) is 37.6 Å². The van der Waals surface area contributed by atoms with Crippen molar-refractivity contribution in [1.29, 1.82) is 0 Å². The number of hydrogen-bond acceptors (Lipinski definition) is 4. The van der Waals surface area contributed by atoms with Crippen LogP contribution < -0.4 is 5.32 Å². The first kappa shape index (κ1) is 18.6. The van der Waals surface area contributed by atoms with Crippen LogP contribution in [0.2, 0.25) is 0 Å². The fraction of sp³-hybridized carbons (Fsp3) is 0.400. The summed E-state index contributed by atoms with van der Waals surface area (Å²) in [6.07, 6.45) is 0. The molecule has 3 rings (SSSR count). The highest BCUT2D eigenvalue weighted by molar-refractivity contribution is 7.14. The van der Waals surface area contributed by atoms with Gasteiger partial charge >= 0.3 is 0 Å². The van der Waals surface area contributed by atoms with Gasteiger partial charge in [0.15, 0.2) is 0 Å². The Bertz CT molecular complexity index is 745. The highest BCUT2D eigenvalue weighted by Crippen LogP contribution is 2.22. The average molecular weight is 372 g/mol. The van der Waals surface area contributed by atoms with Crippen molar-refractivity contribution in [2.75, 3.05) is 32.7 Å². The molecule has 5 nitrogen and oxygen atoms in total. The Labute approximate surface area is 158 Å². The van der Waals surface area contributed by atoms with Crippen LogP contribution >= 0.6 is 11.3 Å². The first-order valence-corrected chi connectivity index (χ1v) is 9.74. The summed E-state index contributed by atoms with van der Waals surface area (Å²) in [5.74, 6) is 0.137. The van der Waals surface area contributed by atoms with E-state index in [-0.39, 0.29) is 11.8 Å². The SMILES string of the molecule is Cc1cc(C(=O)N2CCN(CC(=O)NCc3ccccc3)CC2)sc1C. The first-order chi connectivity index (χ1) is 12.5. The summed E-state index contributed by atoms with van der Waals surface area (Å²) in [6.45, 7) is 7.81. The highest BCUT2D eigenvalue weighted by atomic mass is 32.1. The lowest BCUT2D eigenvalue weighted by Gasteiger charge is -2.34. The van der Waals surface area contributed by atoms with E-state index < -0.39 is 0 Å². The maximum atomic E-state index is 12.6. The molecule has 0 saturated carbocycles. The van der Waals surface area contributed by atoms with Crippen molar-refractivity contribution in [2.45, 2.75) is 20.4 Å². The number of carbonyl (C=O) groups is 2. The molecule has 2 heterocycles. The van der Waals surface area contributed by atoms with Crippen molar-refractivity contribution < 1.29 is 9.59 Å². The van der Waals surface area contributed by atoms with Gasteiger partial charge in [0.25, 0.3) is 5.91 Å². The van der Waals surface area contributed by atoms with Crippen LogP contribution in [0.3, 0.4) is 0 Å². The van der Waals surface area contributed by atoms with Gasteiger partial charge in [0.1, 0.15) is 0 Å². The Kier molecular flexibility index (Phi) is 6.06. The second-order valence-electron chi connectivity index (χ2n) is 6.68. The van der Waals surface area contributed by atoms with E-state index in [1.807, 2.05) is 55.1 Å². The molecule has 138 valence electrons. The van der Waals surface area contributed by atoms with Gasteiger partial charge in [0.05, 0.1) is 11.4 Å². The van der Waals surface area contributed by atoms with E-state index in [2.05, 4.69) is 10.2 Å². The van der Waals surface area contributed by atoms with Crippen molar-refractivity contribution >= 4 is 23.2 Å². The van der Waals surface area contributed by atoms with Gasteiger partial charge < -0.3 is 10.2 Å². The molecule has 1 aromatic heterocycles. The predicted octanol–water partition coefficient (Wildman–Crippen LogP) is 2.44. The molecule has 6 heteroatoms. The van der Waals surface area contributed by atoms with E-state index in [9.17, 15) is 9.59 Å². The Balaban J connectivity index is 1.43. The number of benzene rings is 1. The van der Waals surface area contributed by atoms with Crippen molar-refractivity contribution in [3.05, 3.63) is 57.3 Å². The summed E-state index contributed by atoms with van der Waals surface area (Å²) in [5.41, 5.74) is 2.27. The molecule has 1 saturated heterocycles. The van der Waals surface area contributed by atoms with E-state index in [0.717, 1.165) is 23.5 Å². The standard InChI is InChI=1S/C20H25N3O2S/c1-15-12-18(26-16(15)2)20(25)23-10-8-22(9-11-23)14-19(24)21-13-17-6-4-3-5-7-17/h3-7,12H,8-11,13-14H2,1-2H3,(H,21,24). The number of nitrogens with zero attached hydrogens (tertiary/aromatic N) is 2. The molecule has 1 aliphatic heterocycles. The number of nitrogens with one attached hydrogen (secondary N) is 1. The number of piperazine rings is 1. The summed E-state index contributed by atoms with van der Waals surface area (Å²) < 4.78 is 0. The van der Waals surface area contributed by atoms with Crippen LogP contribution in [0.15, 0.2) is 36.4 Å². The molecule has 0 bridgehead atoms. The van der Waals surface area contributed by atoms with Gasteiger partial charge in [-0.1, -0.05) is 30.3 Å². The van der Waals surface area contributed by atoms with Crippen LogP contribution in [0.1, 0.15) is 25.7 Å². The summed E-state index contributed by atoms with van der Waals surface area (Å²) in [6, 6.07) is 11.9. The number of hydrogen-bond donors (Lipinski definition) is 1. The molecule has 0 unspecified atom stereocenters. The molecule has 0 radical (unpaired) electrons. The van der Waals surface area contributed by atoms with Gasteiger partial charge in [-0.15, -0.1) is 11.3 Å². The van der Waals surface area contributed by atoms with E-state index in [0.29, 0.717) is 26.2 Å². The minimum atomic E-state index is 0.0261. The second kappa shape index (κ2) is 8.47. The number of rotatable bonds is 5. The molecule has 0 atom stereocenters. The van der Waals surface area contributed by atoms with Crippen LogP contribution in [0, 0.1) is 13.8 Å². The Hall–Kier alpha value is -2.18. The van der Waals surface area contributed by atoms with Crippen LogP contribution in [0.5, 0.6) is 0 Å². The van der Waals surface area contributed by atoms with Gasteiger partial charge in [-0.25, -0.2) is 0 Å². The van der Waals surface area contributed by atoms with Gasteiger partial charge in [-0.05, 0) is 31.0 Å². The third-order valence-corrected chi connectivity index (χ3v) is 5.88. The molecule has 1 fully saturated rings. The Morgan fingerprint density at radius 3 is 2.38 bits per heavy atom. The van der Waals surface area contributed by atoms with E-state index in [1.165, 1.54) is 10.4 Å². The van der Waals surface area contributed by atoms with E-state index in [1.54, 1.807) is 11.3 Å². The van der Waals surface area contributed by atoms with Gasteiger partial charge in [-0.2, -0.15) is 0 Å². The van der Waals surface area contributed by atoms with Crippen LogP contribution in [0.25, 0.3) is 0 Å². The minimum Gasteiger partial charge on any atom is -0.351 e. The maximum absolute atomic E-state index is 12.6. The summed E-state index contributed by atoms with van der Waals surface area (Å²) >= 11 is 1.56. The van der Waals surface area contributed by atoms with Crippen molar-refractivity contribution in [1.82, 2.24) is 15.1 Å². The molecule has 0 aliphatic carbocycles. The number of carbonyl (C=O) groups excluding carboxylic acids is 2. The topological polar surface area (TPSA) is 52.7 Å². The molecule has 0 spiro atoms. The van der Waals surface area contributed by atoms with Crippen LogP contribution in [-0.2, 0) is 11.3 Å². The molecule has 1 N–H and O–H groups in total. The van der Waals surface area contributed by atoms with Crippen molar-refractivity contribution in [3.8, 4) is 0 Å². The molecule has 1 aliphatic rings. The summed E-state index contributed by atoms with van der Waals surface area (Å²) in [5, 5.41) is 2.96. The molecule has 1 aromatic carbocycles. The first-order valence-electron chi connectivity index (χ1n) is 8.92. The lowest BCUT2D eigenvalue weighted by Crippen LogP contribution is -2.51. The summed E-state index contributed by atoms with van der Waals surface area (Å²) in [4.78, 5) is 30.7. The highest BCUT2D eigenvalue weighted by Gasteiger charge is 2.24. The monoisotopic (exact) mass is 371 g/mol. The third kappa shape index (κ3) is 4.71. The average Bonchev–Trinajstić information content (AvgIpc) is 3.00. The summed E-state index contributed by atoms with van der Waals surface area (Å²) in [7, 11) is 0. The Morgan fingerprint density at radius 1 is 1.08 bits per heavy atom.